The molecule has 1 aromatic rings. The summed E-state index contributed by atoms with van der Waals surface area (Å²) in [6.07, 6.45) is 4.98. The lowest BCUT2D eigenvalue weighted by molar-refractivity contribution is 0.0735. The van der Waals surface area contributed by atoms with Crippen molar-refractivity contribution in [2.24, 2.45) is 5.92 Å². The van der Waals surface area contributed by atoms with Crippen molar-refractivity contribution in [2.45, 2.75) is 31.7 Å². The zero-order valence-electron chi connectivity index (χ0n) is 9.73. The van der Waals surface area contributed by atoms with Crippen LogP contribution in [0.3, 0.4) is 0 Å². The summed E-state index contributed by atoms with van der Waals surface area (Å²) in [6, 6.07) is 8.22. The van der Waals surface area contributed by atoms with Crippen LogP contribution in [0.1, 0.15) is 36.0 Å². The minimum absolute atomic E-state index is 0.215. The Kier molecular flexibility index (Phi) is 2.95. The summed E-state index contributed by atoms with van der Waals surface area (Å²) >= 11 is 3.40. The van der Waals surface area contributed by atoms with E-state index in [9.17, 15) is 4.79 Å². The van der Waals surface area contributed by atoms with Gasteiger partial charge in [0.2, 0.25) is 0 Å². The Morgan fingerprint density at radius 2 is 1.82 bits per heavy atom. The minimum atomic E-state index is 0.215. The van der Waals surface area contributed by atoms with E-state index in [1.807, 2.05) is 24.3 Å². The van der Waals surface area contributed by atoms with Crippen molar-refractivity contribution in [2.75, 3.05) is 6.54 Å². The van der Waals surface area contributed by atoms with Crippen LogP contribution in [0.5, 0.6) is 0 Å². The molecule has 2 nitrogen and oxygen atoms in total. The van der Waals surface area contributed by atoms with Crippen molar-refractivity contribution >= 4 is 21.8 Å². The summed E-state index contributed by atoms with van der Waals surface area (Å²) in [5, 5.41) is 0. The molecule has 3 heteroatoms. The van der Waals surface area contributed by atoms with E-state index < -0.39 is 0 Å². The number of hydrogen-bond acceptors (Lipinski definition) is 1. The summed E-state index contributed by atoms with van der Waals surface area (Å²) in [5.41, 5.74) is 0.820. The number of benzene rings is 1. The van der Waals surface area contributed by atoms with Crippen molar-refractivity contribution < 1.29 is 4.79 Å². The van der Waals surface area contributed by atoms with Gasteiger partial charge in [0, 0.05) is 22.6 Å². The van der Waals surface area contributed by atoms with Crippen LogP contribution in [0.15, 0.2) is 28.7 Å². The molecule has 0 atom stereocenters. The molecule has 3 rings (SSSR count). The first-order valence-corrected chi connectivity index (χ1v) is 7.10. The third kappa shape index (κ3) is 2.71. The molecule has 0 aliphatic heterocycles. The highest BCUT2D eigenvalue weighted by Gasteiger charge is 2.36. The molecule has 0 N–H and O–H groups in total. The van der Waals surface area contributed by atoms with Crippen molar-refractivity contribution in [1.29, 1.82) is 0 Å². The van der Waals surface area contributed by atoms with Gasteiger partial charge in [0.1, 0.15) is 0 Å². The summed E-state index contributed by atoms with van der Waals surface area (Å²) in [7, 11) is 0. The zero-order chi connectivity index (χ0) is 11.8. The largest absolute Gasteiger partial charge is 0.335 e. The number of halogens is 1. The van der Waals surface area contributed by atoms with E-state index >= 15 is 0 Å². The van der Waals surface area contributed by atoms with Crippen molar-refractivity contribution in [3.63, 3.8) is 0 Å². The molecule has 2 fully saturated rings. The smallest absolute Gasteiger partial charge is 0.254 e. The van der Waals surface area contributed by atoms with Gasteiger partial charge in [-0.15, -0.1) is 0 Å². The van der Waals surface area contributed by atoms with Crippen molar-refractivity contribution in [3.8, 4) is 0 Å². The first kappa shape index (κ1) is 11.3. The zero-order valence-corrected chi connectivity index (χ0v) is 11.3. The second-order valence-electron chi connectivity index (χ2n) is 5.14. The second-order valence-corrected chi connectivity index (χ2v) is 6.05. The maximum atomic E-state index is 12.4. The van der Waals surface area contributed by atoms with E-state index in [4.69, 9.17) is 0 Å². The van der Waals surface area contributed by atoms with Crippen molar-refractivity contribution in [1.82, 2.24) is 4.90 Å². The molecular weight excluding hydrogens is 278 g/mol. The lowest BCUT2D eigenvalue weighted by atomic mass is 10.2. The molecule has 1 aromatic carbocycles. The average molecular weight is 294 g/mol. The van der Waals surface area contributed by atoms with Crippen LogP contribution in [0.25, 0.3) is 0 Å². The van der Waals surface area contributed by atoms with Crippen LogP contribution in [0.2, 0.25) is 0 Å². The second kappa shape index (κ2) is 4.45. The van der Waals surface area contributed by atoms with Gasteiger partial charge in [0.25, 0.3) is 5.91 Å². The first-order valence-electron chi connectivity index (χ1n) is 6.30. The third-order valence-corrected chi connectivity index (χ3v) is 4.02. The van der Waals surface area contributed by atoms with E-state index in [0.29, 0.717) is 6.04 Å². The fourth-order valence-electron chi connectivity index (χ4n) is 2.12. The lowest BCUT2D eigenvalue weighted by Gasteiger charge is -2.22. The quantitative estimate of drug-likeness (QED) is 0.832. The van der Waals surface area contributed by atoms with Gasteiger partial charge in [-0.3, -0.25) is 4.79 Å². The Labute approximate surface area is 110 Å². The topological polar surface area (TPSA) is 20.3 Å². The average Bonchev–Trinajstić information content (AvgIpc) is 3.18. The molecule has 17 heavy (non-hydrogen) atoms. The van der Waals surface area contributed by atoms with Gasteiger partial charge < -0.3 is 4.90 Å². The maximum absolute atomic E-state index is 12.4. The SMILES string of the molecule is O=C(c1ccc(Br)cc1)N(CC1CC1)C1CC1. The van der Waals surface area contributed by atoms with Crippen LogP contribution in [0.4, 0.5) is 0 Å². The molecule has 0 saturated heterocycles. The highest BCUT2D eigenvalue weighted by molar-refractivity contribution is 9.10. The number of nitrogens with zero attached hydrogens (tertiary/aromatic N) is 1. The van der Waals surface area contributed by atoms with E-state index in [1.54, 1.807) is 0 Å². The summed E-state index contributed by atoms with van der Waals surface area (Å²) in [5.74, 6) is 0.988. The number of rotatable bonds is 4. The molecule has 0 radical (unpaired) electrons. The van der Waals surface area contributed by atoms with E-state index in [2.05, 4.69) is 20.8 Å². The molecule has 2 aliphatic carbocycles. The molecule has 90 valence electrons. The van der Waals surface area contributed by atoms with E-state index in [-0.39, 0.29) is 5.91 Å². The monoisotopic (exact) mass is 293 g/mol. The lowest BCUT2D eigenvalue weighted by Crippen LogP contribution is -2.34. The van der Waals surface area contributed by atoms with E-state index in [0.717, 1.165) is 22.5 Å². The number of carbonyl (C=O) groups is 1. The van der Waals surface area contributed by atoms with Crippen LogP contribution < -0.4 is 0 Å². The Hall–Kier alpha value is -0.830. The normalized spacial score (nSPS) is 19.1. The summed E-state index contributed by atoms with van der Waals surface area (Å²) in [4.78, 5) is 14.5. The molecule has 2 saturated carbocycles. The number of hydrogen-bond donors (Lipinski definition) is 0. The van der Waals surface area contributed by atoms with Gasteiger partial charge in [-0.05, 0) is 55.9 Å². The predicted molar refractivity (Wildman–Crippen MR) is 70.9 cm³/mol. The predicted octanol–water partition coefficient (Wildman–Crippen LogP) is 3.46. The van der Waals surface area contributed by atoms with Crippen LogP contribution >= 0.6 is 15.9 Å². The van der Waals surface area contributed by atoms with Crippen LogP contribution in [-0.2, 0) is 0 Å². The Morgan fingerprint density at radius 3 is 2.35 bits per heavy atom. The minimum Gasteiger partial charge on any atom is -0.335 e. The van der Waals surface area contributed by atoms with Gasteiger partial charge >= 0.3 is 0 Å². The molecule has 0 spiro atoms. The van der Waals surface area contributed by atoms with Gasteiger partial charge in [0.05, 0.1) is 0 Å². The Balaban J connectivity index is 1.75. The first-order chi connectivity index (χ1) is 8.24. The maximum Gasteiger partial charge on any atom is 0.254 e. The van der Waals surface area contributed by atoms with Gasteiger partial charge in [0.15, 0.2) is 0 Å². The highest BCUT2D eigenvalue weighted by atomic mass is 79.9. The standard InChI is InChI=1S/C14H16BrNO/c15-12-5-3-11(4-6-12)14(17)16(13-7-8-13)9-10-1-2-10/h3-6,10,13H,1-2,7-9H2. The molecule has 0 aromatic heterocycles. The molecular formula is C14H16BrNO. The molecule has 0 bridgehead atoms. The van der Waals surface area contributed by atoms with Gasteiger partial charge in [-0.2, -0.15) is 0 Å². The van der Waals surface area contributed by atoms with Gasteiger partial charge in [-0.25, -0.2) is 0 Å². The third-order valence-electron chi connectivity index (χ3n) is 3.49. The molecule has 1 amide bonds. The van der Waals surface area contributed by atoms with Crippen LogP contribution in [0, 0.1) is 5.92 Å². The fraction of sp³-hybridized carbons (Fsp3) is 0.500. The molecule has 2 aliphatic rings. The number of carbonyl (C=O) groups excluding carboxylic acids is 1. The fourth-order valence-corrected chi connectivity index (χ4v) is 2.39. The molecule has 0 unspecified atom stereocenters. The van der Waals surface area contributed by atoms with E-state index in [1.165, 1.54) is 25.7 Å². The number of amides is 1. The highest BCUT2D eigenvalue weighted by Crippen LogP contribution is 2.35. The molecule has 0 heterocycles. The van der Waals surface area contributed by atoms with Crippen molar-refractivity contribution in [3.05, 3.63) is 34.3 Å². The van der Waals surface area contributed by atoms with Gasteiger partial charge in [-0.1, -0.05) is 15.9 Å². The summed E-state index contributed by atoms with van der Waals surface area (Å²) < 4.78 is 1.02. The summed E-state index contributed by atoms with van der Waals surface area (Å²) in [6.45, 7) is 0.972. The Bertz CT molecular complexity index is 420. The Morgan fingerprint density at radius 1 is 1.18 bits per heavy atom. The van der Waals surface area contributed by atoms with Crippen LogP contribution in [-0.4, -0.2) is 23.4 Å².